The van der Waals surface area contributed by atoms with Gasteiger partial charge in [-0.15, -0.1) is 0 Å². The molecule has 4 rings (SSSR count). The van der Waals surface area contributed by atoms with Crippen LogP contribution >= 0.6 is 7.75 Å². The van der Waals surface area contributed by atoms with Crippen molar-refractivity contribution in [3.05, 3.63) is 36.7 Å². The van der Waals surface area contributed by atoms with E-state index in [2.05, 4.69) is 25.4 Å². The van der Waals surface area contributed by atoms with E-state index in [1.807, 2.05) is 13.8 Å². The maximum atomic E-state index is 14.0. The quantitative estimate of drug-likeness (QED) is 0.206. The Morgan fingerprint density at radius 3 is 2.56 bits per heavy atom. The summed E-state index contributed by atoms with van der Waals surface area (Å²) in [7, 11) is -0.825. The predicted molar refractivity (Wildman–Crippen MR) is 152 cm³/mol. The topological polar surface area (TPSA) is 174 Å². The van der Waals surface area contributed by atoms with Gasteiger partial charge in [-0.25, -0.2) is 9.55 Å². The number of aromatic nitrogens is 4. The monoisotopic (exact) mass is 591 g/mol. The van der Waals surface area contributed by atoms with E-state index in [1.54, 1.807) is 69.2 Å². The van der Waals surface area contributed by atoms with Gasteiger partial charge in [0.1, 0.15) is 24.1 Å². The first-order valence-electron chi connectivity index (χ1n) is 13.2. The molecular formula is C26H38N7O7P. The number of fused-ring (bicyclic) bond motifs is 1. The van der Waals surface area contributed by atoms with Crippen molar-refractivity contribution < 1.29 is 32.6 Å². The molecule has 1 fully saturated rings. The Hall–Kier alpha value is -3.29. The zero-order valence-electron chi connectivity index (χ0n) is 24.2. The minimum absolute atomic E-state index is 0.0813. The third-order valence-electron chi connectivity index (χ3n) is 6.63. The van der Waals surface area contributed by atoms with Crippen LogP contribution in [-0.2, 0) is 28.1 Å². The third-order valence-corrected chi connectivity index (χ3v) is 8.27. The van der Waals surface area contributed by atoms with E-state index < -0.39 is 43.6 Å². The number of hydrogen-bond donors (Lipinski definition) is 3. The molecule has 0 aliphatic carbocycles. The van der Waals surface area contributed by atoms with Crippen LogP contribution in [0, 0.1) is 5.41 Å². The van der Waals surface area contributed by atoms with E-state index in [9.17, 15) is 9.36 Å². The van der Waals surface area contributed by atoms with Gasteiger partial charge < -0.3 is 29.8 Å². The second kappa shape index (κ2) is 12.3. The van der Waals surface area contributed by atoms with Crippen LogP contribution in [0.4, 0.5) is 11.8 Å². The zero-order valence-corrected chi connectivity index (χ0v) is 25.1. The number of benzene rings is 1. The van der Waals surface area contributed by atoms with Crippen molar-refractivity contribution in [1.82, 2.24) is 24.6 Å². The lowest BCUT2D eigenvalue weighted by atomic mass is 9.84. The molecule has 1 unspecified atom stereocenters. The minimum atomic E-state index is -4.11. The molecule has 4 N–H and O–H groups in total. The van der Waals surface area contributed by atoms with Crippen LogP contribution in [0.3, 0.4) is 0 Å². The highest BCUT2D eigenvalue weighted by atomic mass is 31.2. The fourth-order valence-corrected chi connectivity index (χ4v) is 6.33. The van der Waals surface area contributed by atoms with Gasteiger partial charge in [-0.3, -0.25) is 13.9 Å². The van der Waals surface area contributed by atoms with Crippen LogP contribution in [0.15, 0.2) is 36.7 Å². The highest BCUT2D eigenvalue weighted by Crippen LogP contribution is 2.50. The number of nitrogen functional groups attached to an aromatic ring is 1. The highest BCUT2D eigenvalue weighted by Gasteiger charge is 2.53. The second-order valence-electron chi connectivity index (χ2n) is 10.5. The van der Waals surface area contributed by atoms with Crippen LogP contribution in [0.25, 0.3) is 11.2 Å². The molecule has 2 aromatic heterocycles. The number of carbonyl (C=O) groups is 1. The van der Waals surface area contributed by atoms with Gasteiger partial charge >= 0.3 is 13.7 Å². The summed E-state index contributed by atoms with van der Waals surface area (Å²) < 4.78 is 45.0. The number of esters is 1. The number of nitrogens with two attached hydrogens (primary N) is 1. The lowest BCUT2D eigenvalue weighted by Gasteiger charge is -2.31. The smallest absolute Gasteiger partial charge is 0.459 e. The second-order valence-corrected chi connectivity index (χ2v) is 12.2. The molecule has 3 aromatic rings. The largest absolute Gasteiger partial charge is 0.462 e. The zero-order chi connectivity index (χ0) is 29.9. The molecule has 14 nitrogen and oxygen atoms in total. The Morgan fingerprint density at radius 2 is 1.93 bits per heavy atom. The molecule has 0 radical (unpaired) electrons. The lowest BCUT2D eigenvalue weighted by molar-refractivity contribution is -0.149. The van der Waals surface area contributed by atoms with Crippen LogP contribution in [0.5, 0.6) is 5.75 Å². The van der Waals surface area contributed by atoms with Gasteiger partial charge in [0.15, 0.2) is 17.0 Å². The summed E-state index contributed by atoms with van der Waals surface area (Å²) >= 11 is 0. The molecule has 41 heavy (non-hydrogen) atoms. The normalized spacial score (nSPS) is 22.4. The Labute approximate surface area is 238 Å². The Kier molecular flexibility index (Phi) is 9.19. The van der Waals surface area contributed by atoms with Gasteiger partial charge in [-0.05, 0) is 32.9 Å². The first-order chi connectivity index (χ1) is 19.4. The number of nitrogens with zero attached hydrogens (tertiary/aromatic N) is 4. The predicted octanol–water partition coefficient (Wildman–Crippen LogP) is 3.52. The summed E-state index contributed by atoms with van der Waals surface area (Å²) in [6.07, 6.45) is -0.532. The van der Waals surface area contributed by atoms with E-state index in [4.69, 9.17) is 29.0 Å². The van der Waals surface area contributed by atoms with E-state index in [-0.39, 0.29) is 18.7 Å². The number of imidazole rings is 1. The number of para-hydroxylation sites is 1. The van der Waals surface area contributed by atoms with Gasteiger partial charge in [0.25, 0.3) is 0 Å². The van der Waals surface area contributed by atoms with Crippen molar-refractivity contribution >= 4 is 36.6 Å². The SMILES string of the molecule is CNc1nc(N)nc2c1ncn2[C@@H]1O[C@H](COP(=O)(N[C@@H](C)C(=O)OC(C)C)Oc2ccccc2)[C@@H](OC)C1(C)C. The van der Waals surface area contributed by atoms with Crippen molar-refractivity contribution in [2.45, 2.75) is 65.2 Å². The molecule has 5 atom stereocenters. The average Bonchev–Trinajstić information content (AvgIpc) is 3.43. The number of hydrogen-bond acceptors (Lipinski definition) is 12. The molecule has 1 aliphatic rings. The van der Waals surface area contributed by atoms with Crippen LogP contribution in [0.2, 0.25) is 0 Å². The molecule has 224 valence electrons. The van der Waals surface area contributed by atoms with E-state index in [1.165, 1.54) is 6.92 Å². The highest BCUT2D eigenvalue weighted by molar-refractivity contribution is 7.52. The lowest BCUT2D eigenvalue weighted by Crippen LogP contribution is -2.39. The molecule has 1 saturated heterocycles. The summed E-state index contributed by atoms with van der Waals surface area (Å²) in [6.45, 7) is 8.74. The van der Waals surface area contributed by atoms with Crippen LogP contribution in [-0.4, -0.2) is 70.6 Å². The first-order valence-corrected chi connectivity index (χ1v) is 14.8. The van der Waals surface area contributed by atoms with Crippen molar-refractivity contribution in [1.29, 1.82) is 0 Å². The molecule has 15 heteroatoms. The van der Waals surface area contributed by atoms with Gasteiger partial charge in [-0.2, -0.15) is 15.1 Å². The summed E-state index contributed by atoms with van der Waals surface area (Å²) in [5.74, 6) is 0.269. The molecule has 0 amide bonds. The molecule has 0 saturated carbocycles. The maximum absolute atomic E-state index is 14.0. The van der Waals surface area contributed by atoms with Crippen molar-refractivity contribution in [2.24, 2.45) is 5.41 Å². The maximum Gasteiger partial charge on any atom is 0.459 e. The van der Waals surface area contributed by atoms with Crippen LogP contribution in [0.1, 0.15) is 40.8 Å². The minimum Gasteiger partial charge on any atom is -0.462 e. The molecule has 0 spiro atoms. The first kappa shape index (κ1) is 30.7. The van der Waals surface area contributed by atoms with E-state index in [0.717, 1.165) is 0 Å². The fourth-order valence-electron chi connectivity index (χ4n) is 4.82. The Balaban J connectivity index is 1.59. The number of nitrogens with one attached hydrogen (secondary N) is 2. The van der Waals surface area contributed by atoms with Crippen LogP contribution < -0.4 is 20.7 Å². The molecular weight excluding hydrogens is 553 g/mol. The molecule has 3 heterocycles. The summed E-state index contributed by atoms with van der Waals surface area (Å²) in [6, 6.07) is 7.54. The fraction of sp³-hybridized carbons (Fsp3) is 0.538. The third kappa shape index (κ3) is 6.62. The standard InChI is InChI=1S/C26H38N7O7P/c1-15(2)38-23(34)16(3)32-41(35,40-17-11-9-8-10-12-17)37-13-18-20(36-7)26(4,5)24(39-18)33-14-29-19-21(28-6)30-25(27)31-22(19)33/h8-12,14-16,18,20,24H,13H2,1-7H3,(H,32,35)(H3,27,28,30,31)/t16-,18+,20+,24+,41?/m0/s1. The Bertz CT molecular complexity index is 1400. The summed E-state index contributed by atoms with van der Waals surface area (Å²) in [4.78, 5) is 25.5. The number of ether oxygens (including phenoxy) is 3. The van der Waals surface area contributed by atoms with Gasteiger partial charge in [0.05, 0.1) is 25.1 Å². The van der Waals surface area contributed by atoms with Gasteiger partial charge in [-0.1, -0.05) is 32.0 Å². The van der Waals surface area contributed by atoms with Crippen molar-refractivity contribution in [3.63, 3.8) is 0 Å². The van der Waals surface area contributed by atoms with Gasteiger partial charge in [0.2, 0.25) is 5.95 Å². The van der Waals surface area contributed by atoms with Crippen molar-refractivity contribution in [3.8, 4) is 5.75 Å². The molecule has 1 aromatic carbocycles. The summed E-state index contributed by atoms with van der Waals surface area (Å²) in [5, 5.41) is 5.67. The number of rotatable bonds is 12. The van der Waals surface area contributed by atoms with Gasteiger partial charge in [0, 0.05) is 19.6 Å². The number of carbonyl (C=O) groups excluding carboxylic acids is 1. The number of methoxy groups -OCH3 is 1. The van der Waals surface area contributed by atoms with E-state index >= 15 is 0 Å². The molecule has 0 bridgehead atoms. The number of anilines is 2. The Morgan fingerprint density at radius 1 is 1.22 bits per heavy atom. The summed E-state index contributed by atoms with van der Waals surface area (Å²) in [5.41, 5.74) is 6.33. The van der Waals surface area contributed by atoms with E-state index in [0.29, 0.717) is 22.7 Å². The molecule has 1 aliphatic heterocycles. The average molecular weight is 592 g/mol. The van der Waals surface area contributed by atoms with Crippen molar-refractivity contribution in [2.75, 3.05) is 31.8 Å².